The highest BCUT2D eigenvalue weighted by molar-refractivity contribution is 14.0. The Morgan fingerprint density at radius 3 is 2.81 bits per heavy atom. The summed E-state index contributed by atoms with van der Waals surface area (Å²) in [6, 6.07) is 6.54. The highest BCUT2D eigenvalue weighted by atomic mass is 127. The van der Waals surface area contributed by atoms with E-state index in [2.05, 4.69) is 27.5 Å². The van der Waals surface area contributed by atoms with Crippen molar-refractivity contribution in [1.29, 1.82) is 0 Å². The number of rotatable bonds is 8. The van der Waals surface area contributed by atoms with Crippen LogP contribution in [0.1, 0.15) is 29.3 Å². The van der Waals surface area contributed by atoms with Crippen LogP contribution in [-0.4, -0.2) is 29.0 Å². The normalized spacial score (nSPS) is 10.9. The summed E-state index contributed by atoms with van der Waals surface area (Å²) < 4.78 is 0. The van der Waals surface area contributed by atoms with Crippen LogP contribution in [0.15, 0.2) is 35.5 Å². The molecule has 2 aromatic rings. The van der Waals surface area contributed by atoms with E-state index < -0.39 is 4.92 Å². The monoisotopic (exact) mass is 489 g/mol. The summed E-state index contributed by atoms with van der Waals surface area (Å²) >= 11 is 1.74. The number of nitrogens with one attached hydrogen (secondary N) is 2. The van der Waals surface area contributed by atoms with Gasteiger partial charge in [0, 0.05) is 42.7 Å². The molecule has 0 saturated heterocycles. The fourth-order valence-corrected chi connectivity index (χ4v) is 3.06. The molecule has 0 spiro atoms. The molecule has 1 heterocycles. The average Bonchev–Trinajstić information content (AvgIpc) is 3.08. The van der Waals surface area contributed by atoms with Gasteiger partial charge in [-0.3, -0.25) is 10.1 Å². The second-order valence-electron chi connectivity index (χ2n) is 5.37. The smallest absolute Gasteiger partial charge is 0.269 e. The van der Waals surface area contributed by atoms with Gasteiger partial charge in [-0.2, -0.15) is 0 Å². The van der Waals surface area contributed by atoms with Crippen molar-refractivity contribution in [1.82, 2.24) is 15.6 Å². The molecule has 0 radical (unpaired) electrons. The van der Waals surface area contributed by atoms with E-state index in [1.807, 2.05) is 19.2 Å². The van der Waals surface area contributed by atoms with Gasteiger partial charge in [-0.1, -0.05) is 19.1 Å². The van der Waals surface area contributed by atoms with E-state index in [9.17, 15) is 10.1 Å². The van der Waals surface area contributed by atoms with Crippen LogP contribution in [0.3, 0.4) is 0 Å². The van der Waals surface area contributed by atoms with E-state index in [1.54, 1.807) is 23.5 Å². The molecule has 2 rings (SSSR count). The van der Waals surface area contributed by atoms with Gasteiger partial charge >= 0.3 is 0 Å². The maximum absolute atomic E-state index is 10.8. The standard InChI is InChI=1S/C17H23N5O2S.HI/c1-3-15-12-20-16(25-15)8-9-19-17(18-4-2)21-11-13-6-5-7-14(10-13)22(23)24;/h5-7,10,12H,3-4,8-9,11H2,1-2H3,(H2,18,19,21);1H. The Morgan fingerprint density at radius 1 is 1.35 bits per heavy atom. The third-order valence-electron chi connectivity index (χ3n) is 3.47. The van der Waals surface area contributed by atoms with E-state index >= 15 is 0 Å². The van der Waals surface area contributed by atoms with Crippen molar-refractivity contribution in [2.45, 2.75) is 33.2 Å². The number of aliphatic imine (C=N–C) groups is 1. The minimum Gasteiger partial charge on any atom is -0.357 e. The summed E-state index contributed by atoms with van der Waals surface area (Å²) in [6.45, 7) is 5.99. The van der Waals surface area contributed by atoms with E-state index in [0.717, 1.165) is 36.5 Å². The topological polar surface area (TPSA) is 92.5 Å². The summed E-state index contributed by atoms with van der Waals surface area (Å²) in [4.78, 5) is 20.6. The molecule has 0 unspecified atom stereocenters. The van der Waals surface area contributed by atoms with E-state index in [0.29, 0.717) is 12.5 Å². The van der Waals surface area contributed by atoms with Crippen LogP contribution in [0.2, 0.25) is 0 Å². The van der Waals surface area contributed by atoms with E-state index in [4.69, 9.17) is 0 Å². The number of hydrogen-bond donors (Lipinski definition) is 2. The van der Waals surface area contributed by atoms with Crippen molar-refractivity contribution in [2.75, 3.05) is 13.1 Å². The number of guanidine groups is 1. The number of nitro benzene ring substituents is 1. The lowest BCUT2D eigenvalue weighted by atomic mass is 10.2. The van der Waals surface area contributed by atoms with Crippen LogP contribution in [0.25, 0.3) is 0 Å². The maximum Gasteiger partial charge on any atom is 0.269 e. The van der Waals surface area contributed by atoms with Gasteiger partial charge in [-0.15, -0.1) is 35.3 Å². The maximum atomic E-state index is 10.8. The number of aryl methyl sites for hydroxylation is 1. The number of non-ortho nitro benzene ring substituents is 1. The van der Waals surface area contributed by atoms with Crippen LogP contribution in [0.5, 0.6) is 0 Å². The van der Waals surface area contributed by atoms with Crippen molar-refractivity contribution in [2.24, 2.45) is 4.99 Å². The molecule has 7 nitrogen and oxygen atoms in total. The number of benzene rings is 1. The van der Waals surface area contributed by atoms with Crippen molar-refractivity contribution in [3.05, 3.63) is 56.0 Å². The molecule has 2 N–H and O–H groups in total. The Bertz CT molecular complexity index is 735. The molecule has 9 heteroatoms. The van der Waals surface area contributed by atoms with Crippen molar-refractivity contribution >= 4 is 47.0 Å². The average molecular weight is 489 g/mol. The number of nitro groups is 1. The largest absolute Gasteiger partial charge is 0.357 e. The minimum absolute atomic E-state index is 0. The molecule has 0 aliphatic heterocycles. The van der Waals surface area contributed by atoms with E-state index in [-0.39, 0.29) is 29.7 Å². The zero-order valence-corrected chi connectivity index (χ0v) is 18.0. The molecule has 0 aliphatic carbocycles. The van der Waals surface area contributed by atoms with Gasteiger partial charge in [0.2, 0.25) is 0 Å². The third kappa shape index (κ3) is 7.24. The summed E-state index contributed by atoms with van der Waals surface area (Å²) in [7, 11) is 0. The van der Waals surface area contributed by atoms with Gasteiger partial charge in [0.05, 0.1) is 16.5 Å². The van der Waals surface area contributed by atoms with Gasteiger partial charge in [0.25, 0.3) is 5.69 Å². The fraction of sp³-hybridized carbons (Fsp3) is 0.412. The van der Waals surface area contributed by atoms with Gasteiger partial charge in [0.15, 0.2) is 5.96 Å². The first-order chi connectivity index (χ1) is 12.1. The van der Waals surface area contributed by atoms with Crippen molar-refractivity contribution in [3.63, 3.8) is 0 Å². The highest BCUT2D eigenvalue weighted by Gasteiger charge is 2.06. The van der Waals surface area contributed by atoms with Gasteiger partial charge in [-0.25, -0.2) is 9.98 Å². The number of hydrogen-bond acceptors (Lipinski definition) is 5. The number of halogens is 1. The molecule has 0 saturated carbocycles. The van der Waals surface area contributed by atoms with Gasteiger partial charge < -0.3 is 10.6 Å². The van der Waals surface area contributed by atoms with Crippen LogP contribution in [0, 0.1) is 10.1 Å². The SMILES string of the molecule is CCNC(=NCc1cccc([N+](=O)[O-])c1)NCCc1ncc(CC)s1.I. The molecule has 0 atom stereocenters. The molecule has 26 heavy (non-hydrogen) atoms. The quantitative estimate of drug-likeness (QED) is 0.195. The predicted molar refractivity (Wildman–Crippen MR) is 117 cm³/mol. The number of aromatic nitrogens is 1. The first-order valence-corrected chi connectivity index (χ1v) is 9.13. The first kappa shape index (κ1) is 22.3. The lowest BCUT2D eigenvalue weighted by molar-refractivity contribution is -0.384. The fourth-order valence-electron chi connectivity index (χ4n) is 2.20. The predicted octanol–water partition coefficient (Wildman–Crippen LogP) is 3.53. The number of thiazole rings is 1. The lowest BCUT2D eigenvalue weighted by Gasteiger charge is -2.10. The molecule has 0 aliphatic rings. The molecular weight excluding hydrogens is 465 g/mol. The second-order valence-corrected chi connectivity index (χ2v) is 6.57. The lowest BCUT2D eigenvalue weighted by Crippen LogP contribution is -2.38. The Labute approximate surface area is 174 Å². The molecule has 142 valence electrons. The Hall–Kier alpha value is -1.75. The first-order valence-electron chi connectivity index (χ1n) is 8.31. The Balaban J connectivity index is 0.00000338. The van der Waals surface area contributed by atoms with Crippen molar-refractivity contribution in [3.8, 4) is 0 Å². The Morgan fingerprint density at radius 2 is 2.15 bits per heavy atom. The second kappa shape index (κ2) is 11.8. The Kier molecular flexibility index (Phi) is 10.1. The zero-order chi connectivity index (χ0) is 18.1. The summed E-state index contributed by atoms with van der Waals surface area (Å²) in [5.41, 5.74) is 0.889. The summed E-state index contributed by atoms with van der Waals surface area (Å²) in [5.74, 6) is 0.696. The van der Waals surface area contributed by atoms with Crippen LogP contribution in [0.4, 0.5) is 5.69 Å². The molecule has 1 aromatic heterocycles. The van der Waals surface area contributed by atoms with Crippen LogP contribution in [-0.2, 0) is 19.4 Å². The van der Waals surface area contributed by atoms with E-state index in [1.165, 1.54) is 10.9 Å². The number of nitrogens with zero attached hydrogens (tertiary/aromatic N) is 3. The van der Waals surface area contributed by atoms with Gasteiger partial charge in [0.1, 0.15) is 0 Å². The minimum atomic E-state index is -0.394. The molecule has 1 aromatic carbocycles. The molecular formula is C17H24IN5O2S. The summed E-state index contributed by atoms with van der Waals surface area (Å²) in [5, 5.41) is 18.4. The third-order valence-corrected chi connectivity index (χ3v) is 4.67. The molecule has 0 fully saturated rings. The summed E-state index contributed by atoms with van der Waals surface area (Å²) in [6.07, 6.45) is 3.78. The van der Waals surface area contributed by atoms with Crippen LogP contribution < -0.4 is 10.6 Å². The molecule has 0 amide bonds. The van der Waals surface area contributed by atoms with Crippen molar-refractivity contribution < 1.29 is 4.92 Å². The van der Waals surface area contributed by atoms with Crippen LogP contribution >= 0.6 is 35.3 Å². The highest BCUT2D eigenvalue weighted by Crippen LogP contribution is 2.14. The molecule has 0 bridgehead atoms. The van der Waals surface area contributed by atoms with Gasteiger partial charge in [-0.05, 0) is 18.9 Å². The zero-order valence-electron chi connectivity index (χ0n) is 14.9.